The van der Waals surface area contributed by atoms with E-state index in [4.69, 9.17) is 0 Å². The molecule has 158 valence electrons. The van der Waals surface area contributed by atoms with Crippen LogP contribution in [0.1, 0.15) is 78.2 Å². The normalized spacial score (nSPS) is 18.7. The average Bonchev–Trinajstić information content (AvgIpc) is 2.75. The molecule has 1 heterocycles. The van der Waals surface area contributed by atoms with Crippen molar-refractivity contribution in [2.45, 2.75) is 71.4 Å². The van der Waals surface area contributed by atoms with Gasteiger partial charge < -0.3 is 10.2 Å². The monoisotopic (exact) mass is 404 g/mol. The fourth-order valence-corrected chi connectivity index (χ4v) is 4.25. The number of benzene rings is 1. The van der Waals surface area contributed by atoms with Crippen LogP contribution in [0.15, 0.2) is 30.5 Å². The Kier molecular flexibility index (Phi) is 6.77. The summed E-state index contributed by atoms with van der Waals surface area (Å²) in [4.78, 5) is 19.2. The molecule has 0 spiro atoms. The van der Waals surface area contributed by atoms with Crippen LogP contribution in [-0.2, 0) is 0 Å². The number of nitrogens with one attached hydrogen (secondary N) is 1. The maximum Gasteiger partial charge on any atom is 0.270 e. The molecule has 0 unspecified atom stereocenters. The Morgan fingerprint density at radius 1 is 1.13 bits per heavy atom. The Morgan fingerprint density at radius 3 is 2.40 bits per heavy atom. The Bertz CT molecular complexity index is 935. The molecule has 0 radical (unpaired) electrons. The molecule has 1 amide bonds. The molecular formula is C25H32N4O. The van der Waals surface area contributed by atoms with Crippen LogP contribution in [-0.4, -0.2) is 30.0 Å². The van der Waals surface area contributed by atoms with E-state index in [1.807, 2.05) is 25.1 Å². The fourth-order valence-electron chi connectivity index (χ4n) is 4.25. The summed E-state index contributed by atoms with van der Waals surface area (Å²) in [5.41, 5.74) is 5.78. The van der Waals surface area contributed by atoms with Crippen molar-refractivity contribution in [2.24, 2.45) is 0 Å². The summed E-state index contributed by atoms with van der Waals surface area (Å²) < 4.78 is 0. The van der Waals surface area contributed by atoms with E-state index in [9.17, 15) is 10.1 Å². The number of carbonyl (C=O) groups excluding carboxylic acids is 1. The molecule has 1 aliphatic carbocycles. The number of amides is 1. The number of hydrogen-bond acceptors (Lipinski definition) is 4. The van der Waals surface area contributed by atoms with Gasteiger partial charge in [0, 0.05) is 31.0 Å². The number of aromatic nitrogens is 1. The van der Waals surface area contributed by atoms with Gasteiger partial charge in [-0.25, -0.2) is 0 Å². The van der Waals surface area contributed by atoms with E-state index in [1.165, 1.54) is 11.3 Å². The number of rotatable bonds is 5. The second-order valence-electron chi connectivity index (χ2n) is 8.72. The molecule has 0 saturated heterocycles. The van der Waals surface area contributed by atoms with E-state index in [1.54, 1.807) is 6.20 Å². The molecule has 3 rings (SSSR count). The molecule has 1 N–H and O–H groups in total. The number of pyridine rings is 1. The van der Waals surface area contributed by atoms with Gasteiger partial charge in [0.05, 0.1) is 11.6 Å². The second kappa shape index (κ2) is 9.30. The summed E-state index contributed by atoms with van der Waals surface area (Å²) in [5.74, 6) is 0.325. The number of nitrogens with zero attached hydrogens (tertiary/aromatic N) is 3. The van der Waals surface area contributed by atoms with Gasteiger partial charge in [-0.05, 0) is 80.3 Å². The van der Waals surface area contributed by atoms with Crippen LogP contribution in [0.3, 0.4) is 0 Å². The van der Waals surface area contributed by atoms with Gasteiger partial charge in [-0.3, -0.25) is 9.78 Å². The number of carbonyl (C=O) groups is 1. The maximum atomic E-state index is 12.6. The topological polar surface area (TPSA) is 69.0 Å². The Balaban J connectivity index is 1.57. The van der Waals surface area contributed by atoms with Crippen molar-refractivity contribution in [3.8, 4) is 6.07 Å². The van der Waals surface area contributed by atoms with Crippen molar-refractivity contribution in [1.29, 1.82) is 5.26 Å². The van der Waals surface area contributed by atoms with Gasteiger partial charge in [-0.1, -0.05) is 19.9 Å². The molecule has 0 aliphatic heterocycles. The zero-order valence-electron chi connectivity index (χ0n) is 18.7. The zero-order valence-corrected chi connectivity index (χ0v) is 18.7. The van der Waals surface area contributed by atoms with E-state index in [0.29, 0.717) is 17.7 Å². The van der Waals surface area contributed by atoms with Gasteiger partial charge in [0.2, 0.25) is 0 Å². The first-order chi connectivity index (χ1) is 14.3. The molecular weight excluding hydrogens is 372 g/mol. The minimum Gasteiger partial charge on any atom is -0.371 e. The van der Waals surface area contributed by atoms with Crippen LogP contribution < -0.4 is 10.2 Å². The van der Waals surface area contributed by atoms with Crippen molar-refractivity contribution in [3.05, 3.63) is 58.4 Å². The lowest BCUT2D eigenvalue weighted by atomic mass is 9.89. The lowest BCUT2D eigenvalue weighted by molar-refractivity contribution is 0.0920. The molecule has 0 atom stereocenters. The van der Waals surface area contributed by atoms with E-state index in [2.05, 4.69) is 55.2 Å². The predicted octanol–water partition coefficient (Wildman–Crippen LogP) is 4.87. The van der Waals surface area contributed by atoms with Gasteiger partial charge in [0.15, 0.2) is 0 Å². The highest BCUT2D eigenvalue weighted by atomic mass is 16.1. The summed E-state index contributed by atoms with van der Waals surface area (Å²) in [7, 11) is 2.14. The van der Waals surface area contributed by atoms with Gasteiger partial charge >= 0.3 is 0 Å². The number of hydrogen-bond donors (Lipinski definition) is 1. The van der Waals surface area contributed by atoms with Crippen LogP contribution in [0, 0.1) is 25.2 Å². The zero-order chi connectivity index (χ0) is 21.8. The standard InChI is InChI=1S/C25H32N4O/c1-16(2)20-6-12-23(27-15-20)25(30)28-21-8-10-22(11-9-21)29(5)24-13-7-19(14-26)17(3)18(24)4/h6-7,12-13,15-16,21-22H,8-11H2,1-5H3,(H,28,30). The van der Waals surface area contributed by atoms with Gasteiger partial charge in [0.1, 0.15) is 5.69 Å². The van der Waals surface area contributed by atoms with Crippen molar-refractivity contribution >= 4 is 11.6 Å². The van der Waals surface area contributed by atoms with Gasteiger partial charge in [0.25, 0.3) is 5.91 Å². The second-order valence-corrected chi connectivity index (χ2v) is 8.72. The molecule has 1 aromatic carbocycles. The van der Waals surface area contributed by atoms with E-state index >= 15 is 0 Å². The summed E-state index contributed by atoms with van der Waals surface area (Å²) in [6.07, 6.45) is 5.77. The third-order valence-corrected chi connectivity index (χ3v) is 6.52. The number of nitriles is 1. The first kappa shape index (κ1) is 21.8. The smallest absolute Gasteiger partial charge is 0.270 e. The van der Waals surface area contributed by atoms with Gasteiger partial charge in [-0.2, -0.15) is 5.26 Å². The first-order valence-corrected chi connectivity index (χ1v) is 10.8. The summed E-state index contributed by atoms with van der Waals surface area (Å²) in [6.45, 7) is 8.34. The van der Waals surface area contributed by atoms with Crippen LogP contribution in [0.5, 0.6) is 0 Å². The van der Waals surface area contributed by atoms with Crippen LogP contribution >= 0.6 is 0 Å². The third kappa shape index (κ3) is 4.64. The minimum atomic E-state index is -0.0827. The summed E-state index contributed by atoms with van der Waals surface area (Å²) in [5, 5.41) is 12.4. The van der Waals surface area contributed by atoms with Crippen molar-refractivity contribution in [2.75, 3.05) is 11.9 Å². The van der Waals surface area contributed by atoms with Gasteiger partial charge in [-0.15, -0.1) is 0 Å². The summed E-state index contributed by atoms with van der Waals surface area (Å²) in [6, 6.07) is 10.7. The quantitative estimate of drug-likeness (QED) is 0.772. The van der Waals surface area contributed by atoms with Crippen LogP contribution in [0.25, 0.3) is 0 Å². The van der Waals surface area contributed by atoms with Crippen molar-refractivity contribution in [1.82, 2.24) is 10.3 Å². The fraction of sp³-hybridized carbons (Fsp3) is 0.480. The van der Waals surface area contributed by atoms with E-state index in [-0.39, 0.29) is 11.9 Å². The molecule has 2 aromatic rings. The van der Waals surface area contributed by atoms with Crippen LogP contribution in [0.2, 0.25) is 0 Å². The van der Waals surface area contributed by atoms with Crippen molar-refractivity contribution < 1.29 is 4.79 Å². The lowest BCUT2D eigenvalue weighted by Crippen LogP contribution is -2.43. The van der Waals surface area contributed by atoms with Crippen molar-refractivity contribution in [3.63, 3.8) is 0 Å². The highest BCUT2D eigenvalue weighted by Crippen LogP contribution is 2.31. The largest absolute Gasteiger partial charge is 0.371 e. The first-order valence-electron chi connectivity index (χ1n) is 10.8. The highest BCUT2D eigenvalue weighted by Gasteiger charge is 2.26. The van der Waals surface area contributed by atoms with E-state index in [0.717, 1.165) is 42.4 Å². The molecule has 1 aromatic heterocycles. The summed E-state index contributed by atoms with van der Waals surface area (Å²) >= 11 is 0. The molecule has 0 bridgehead atoms. The van der Waals surface area contributed by atoms with Crippen LogP contribution in [0.4, 0.5) is 5.69 Å². The Hall–Kier alpha value is -2.87. The molecule has 1 aliphatic rings. The third-order valence-electron chi connectivity index (χ3n) is 6.52. The minimum absolute atomic E-state index is 0.0827. The molecule has 5 nitrogen and oxygen atoms in total. The SMILES string of the molecule is Cc1c(C#N)ccc(N(C)C2CCC(NC(=O)c3ccc(C(C)C)cn3)CC2)c1C. The maximum absolute atomic E-state index is 12.6. The molecule has 5 heteroatoms. The molecule has 1 fully saturated rings. The number of anilines is 1. The predicted molar refractivity (Wildman–Crippen MR) is 121 cm³/mol. The lowest BCUT2D eigenvalue weighted by Gasteiger charge is -2.37. The average molecular weight is 405 g/mol. The Morgan fingerprint density at radius 2 is 1.83 bits per heavy atom. The molecule has 1 saturated carbocycles. The van der Waals surface area contributed by atoms with E-state index < -0.39 is 0 Å². The Labute approximate surface area is 180 Å². The molecule has 30 heavy (non-hydrogen) atoms. The highest BCUT2D eigenvalue weighted by molar-refractivity contribution is 5.92.